The lowest BCUT2D eigenvalue weighted by atomic mass is 9.72. The van der Waals surface area contributed by atoms with E-state index in [0.717, 1.165) is 11.1 Å². The maximum Gasteiger partial charge on any atom is 0.311 e. The minimum atomic E-state index is -0.762. The van der Waals surface area contributed by atoms with Gasteiger partial charge in [-0.15, -0.1) is 0 Å². The smallest absolute Gasteiger partial charge is 0.311 e. The highest BCUT2D eigenvalue weighted by molar-refractivity contribution is 5.84. The van der Waals surface area contributed by atoms with E-state index < -0.39 is 10.8 Å². The average molecular weight is 438 g/mol. The predicted molar refractivity (Wildman–Crippen MR) is 120 cm³/mol. The van der Waals surface area contributed by atoms with Crippen molar-refractivity contribution in [1.82, 2.24) is 5.32 Å². The number of ether oxygens (including phenoxy) is 3. The number of nitrogens with one attached hydrogen (secondary N) is 1. The fraction of sp³-hybridized carbons (Fsp3) is 0.667. The fourth-order valence-electron chi connectivity index (χ4n) is 3.44. The number of carbonyl (C=O) groups excluding carboxylic acids is 2. The molecule has 0 spiro atoms. The van der Waals surface area contributed by atoms with Gasteiger partial charge in [0.1, 0.15) is 12.4 Å². The minimum absolute atomic E-state index is 0.0987. The van der Waals surface area contributed by atoms with Crippen LogP contribution in [0, 0.1) is 17.8 Å². The molecule has 0 aliphatic carbocycles. The zero-order chi connectivity index (χ0) is 23.5. The normalized spacial score (nSPS) is 13.5. The van der Waals surface area contributed by atoms with E-state index in [1.54, 1.807) is 13.2 Å². The Morgan fingerprint density at radius 3 is 2.39 bits per heavy atom. The van der Waals surface area contributed by atoms with Gasteiger partial charge < -0.3 is 24.6 Å². The quantitative estimate of drug-likeness (QED) is 0.342. The number of amides is 1. The molecule has 1 amide bonds. The Morgan fingerprint density at radius 1 is 1.10 bits per heavy atom. The van der Waals surface area contributed by atoms with Gasteiger partial charge in [0.05, 0.1) is 25.2 Å². The lowest BCUT2D eigenvalue weighted by molar-refractivity contribution is -0.159. The summed E-state index contributed by atoms with van der Waals surface area (Å²) in [4.78, 5) is 25.5. The number of hydrogen-bond donors (Lipinski definition) is 2. The van der Waals surface area contributed by atoms with Gasteiger partial charge in [0.15, 0.2) is 0 Å². The molecule has 1 unspecified atom stereocenters. The highest BCUT2D eigenvalue weighted by Gasteiger charge is 2.41. The van der Waals surface area contributed by atoms with E-state index in [1.807, 2.05) is 46.8 Å². The Kier molecular flexibility index (Phi) is 11.0. The summed E-state index contributed by atoms with van der Waals surface area (Å²) in [7, 11) is 1.60. The highest BCUT2D eigenvalue weighted by atomic mass is 16.6. The molecule has 31 heavy (non-hydrogen) atoms. The molecule has 0 aliphatic heterocycles. The Balaban J connectivity index is 2.55. The summed E-state index contributed by atoms with van der Waals surface area (Å²) in [6.45, 7) is 11.2. The van der Waals surface area contributed by atoms with Crippen molar-refractivity contribution >= 4 is 11.9 Å². The van der Waals surface area contributed by atoms with Gasteiger partial charge in [-0.2, -0.15) is 0 Å². The molecule has 0 saturated carbocycles. The van der Waals surface area contributed by atoms with Crippen LogP contribution in [0.15, 0.2) is 18.2 Å². The molecular formula is C24H39NO6. The third-order valence-electron chi connectivity index (χ3n) is 5.57. The van der Waals surface area contributed by atoms with Crippen molar-refractivity contribution in [1.29, 1.82) is 0 Å². The number of esters is 1. The number of phenolic OH excluding ortho intramolecular Hbond substituents is 1. The van der Waals surface area contributed by atoms with Crippen molar-refractivity contribution in [2.24, 2.45) is 10.8 Å². The third kappa shape index (κ3) is 8.87. The number of methoxy groups -OCH3 is 1. The van der Waals surface area contributed by atoms with Crippen LogP contribution in [0.5, 0.6) is 5.75 Å². The van der Waals surface area contributed by atoms with Gasteiger partial charge in [-0.1, -0.05) is 32.9 Å². The summed E-state index contributed by atoms with van der Waals surface area (Å²) < 4.78 is 15.6. The molecule has 1 atom stereocenters. The number of phenols is 1. The summed E-state index contributed by atoms with van der Waals surface area (Å²) in [6.07, 6.45) is 1.61. The first-order valence-electron chi connectivity index (χ1n) is 10.9. The number of benzene rings is 1. The Bertz CT molecular complexity index is 718. The summed E-state index contributed by atoms with van der Waals surface area (Å²) in [5.74, 6) is -0.148. The molecule has 2 N–H and O–H groups in total. The second-order valence-electron chi connectivity index (χ2n) is 8.84. The van der Waals surface area contributed by atoms with Crippen molar-refractivity contribution in [3.05, 3.63) is 29.3 Å². The van der Waals surface area contributed by atoms with Crippen LogP contribution in [-0.4, -0.2) is 57.1 Å². The maximum atomic E-state index is 12.8. The van der Waals surface area contributed by atoms with Crippen LogP contribution in [0.4, 0.5) is 0 Å². The van der Waals surface area contributed by atoms with Crippen LogP contribution in [-0.2, 0) is 30.2 Å². The first-order valence-corrected chi connectivity index (χ1v) is 10.9. The minimum Gasteiger partial charge on any atom is -0.508 e. The SMILES string of the molecule is CCC(C)(CC(C)(C)C(=O)NCCc1ccc(O)c(C)c1)C(=O)OCCOCCOC. The van der Waals surface area contributed by atoms with Crippen LogP contribution < -0.4 is 5.32 Å². The highest BCUT2D eigenvalue weighted by Crippen LogP contribution is 2.37. The van der Waals surface area contributed by atoms with Crippen LogP contribution in [0.25, 0.3) is 0 Å². The van der Waals surface area contributed by atoms with Gasteiger partial charge in [-0.05, 0) is 50.3 Å². The number of aryl methyl sites for hydroxylation is 1. The third-order valence-corrected chi connectivity index (χ3v) is 5.57. The van der Waals surface area contributed by atoms with E-state index in [1.165, 1.54) is 0 Å². The van der Waals surface area contributed by atoms with E-state index in [0.29, 0.717) is 45.6 Å². The largest absolute Gasteiger partial charge is 0.508 e. The molecular weight excluding hydrogens is 398 g/mol. The topological polar surface area (TPSA) is 94.1 Å². The molecule has 176 valence electrons. The van der Waals surface area contributed by atoms with Gasteiger partial charge in [-0.3, -0.25) is 9.59 Å². The Morgan fingerprint density at radius 2 is 1.77 bits per heavy atom. The monoisotopic (exact) mass is 437 g/mol. The van der Waals surface area contributed by atoms with Gasteiger partial charge in [0.25, 0.3) is 0 Å². The molecule has 0 heterocycles. The molecule has 7 heteroatoms. The summed E-state index contributed by atoms with van der Waals surface area (Å²) in [5, 5.41) is 12.6. The molecule has 0 saturated heterocycles. The fourth-order valence-corrected chi connectivity index (χ4v) is 3.44. The van der Waals surface area contributed by atoms with Gasteiger partial charge in [-0.25, -0.2) is 0 Å². The van der Waals surface area contributed by atoms with E-state index in [4.69, 9.17) is 14.2 Å². The van der Waals surface area contributed by atoms with Gasteiger partial charge in [0.2, 0.25) is 5.91 Å². The first kappa shape index (κ1) is 26.9. The van der Waals surface area contributed by atoms with Crippen LogP contribution in [0.1, 0.15) is 51.7 Å². The zero-order valence-corrected chi connectivity index (χ0v) is 19.9. The summed E-state index contributed by atoms with van der Waals surface area (Å²) in [5.41, 5.74) is 0.360. The second kappa shape index (κ2) is 12.7. The van der Waals surface area contributed by atoms with Crippen LogP contribution in [0.3, 0.4) is 0 Å². The molecule has 1 rings (SSSR count). The molecule has 0 aromatic heterocycles. The van der Waals surface area contributed by atoms with Gasteiger partial charge in [0, 0.05) is 19.1 Å². The van der Waals surface area contributed by atoms with E-state index in [2.05, 4.69) is 5.32 Å². The van der Waals surface area contributed by atoms with Crippen LogP contribution in [0.2, 0.25) is 0 Å². The van der Waals surface area contributed by atoms with Crippen molar-refractivity contribution < 1.29 is 28.9 Å². The molecule has 0 bridgehead atoms. The van der Waals surface area contributed by atoms with Crippen molar-refractivity contribution in [2.75, 3.05) is 40.1 Å². The van der Waals surface area contributed by atoms with Crippen molar-refractivity contribution in [2.45, 2.75) is 53.9 Å². The number of carbonyl (C=O) groups is 2. The number of hydrogen-bond acceptors (Lipinski definition) is 6. The Labute approximate surface area is 186 Å². The molecule has 0 fully saturated rings. The lowest BCUT2D eigenvalue weighted by Crippen LogP contribution is -2.43. The van der Waals surface area contributed by atoms with Gasteiger partial charge >= 0.3 is 5.97 Å². The predicted octanol–water partition coefficient (Wildman–Crippen LogP) is 3.40. The number of aromatic hydroxyl groups is 1. The second-order valence-corrected chi connectivity index (χ2v) is 8.84. The standard InChI is InChI=1S/C24H39NO6/c1-7-24(5,22(28)31-15-14-30-13-12-29-6)17-23(3,4)21(27)25-11-10-19-8-9-20(26)18(2)16-19/h8-9,16,26H,7,10-15,17H2,1-6H3,(H,25,27). The van der Waals surface area contributed by atoms with Crippen LogP contribution >= 0.6 is 0 Å². The molecule has 0 radical (unpaired) electrons. The summed E-state index contributed by atoms with van der Waals surface area (Å²) >= 11 is 0. The first-order chi connectivity index (χ1) is 14.6. The maximum absolute atomic E-state index is 12.8. The average Bonchev–Trinajstić information content (AvgIpc) is 2.72. The van der Waals surface area contributed by atoms with E-state index in [9.17, 15) is 14.7 Å². The molecule has 1 aromatic carbocycles. The summed E-state index contributed by atoms with van der Waals surface area (Å²) in [6, 6.07) is 5.43. The van der Waals surface area contributed by atoms with E-state index >= 15 is 0 Å². The zero-order valence-electron chi connectivity index (χ0n) is 19.9. The Hall–Kier alpha value is -2.12. The molecule has 1 aromatic rings. The van der Waals surface area contributed by atoms with E-state index in [-0.39, 0.29) is 24.2 Å². The number of rotatable bonds is 14. The molecule has 0 aliphatic rings. The molecule has 7 nitrogen and oxygen atoms in total. The lowest BCUT2D eigenvalue weighted by Gasteiger charge is -2.34. The van der Waals surface area contributed by atoms with Crippen molar-refractivity contribution in [3.8, 4) is 5.75 Å². The van der Waals surface area contributed by atoms with Crippen molar-refractivity contribution in [3.63, 3.8) is 0 Å².